The summed E-state index contributed by atoms with van der Waals surface area (Å²) in [6, 6.07) is 5.55. The first kappa shape index (κ1) is 15.6. The van der Waals surface area contributed by atoms with Gasteiger partial charge in [-0.2, -0.15) is 0 Å². The monoisotopic (exact) mass is 317 g/mol. The van der Waals surface area contributed by atoms with Gasteiger partial charge in [-0.25, -0.2) is 0 Å². The van der Waals surface area contributed by atoms with E-state index < -0.39 is 5.97 Å². The molecular weight excluding hydrogens is 301 g/mol. The van der Waals surface area contributed by atoms with E-state index in [0.29, 0.717) is 23.2 Å². The molecule has 1 aromatic carbocycles. The van der Waals surface area contributed by atoms with Crippen molar-refractivity contribution in [3.05, 3.63) is 33.8 Å². The van der Waals surface area contributed by atoms with Crippen molar-refractivity contribution in [2.45, 2.75) is 25.5 Å². The lowest BCUT2D eigenvalue weighted by Gasteiger charge is -2.36. The minimum absolute atomic E-state index is 0.0254. The lowest BCUT2D eigenvalue weighted by molar-refractivity contribution is -0.142. The number of carbonyl (C=O) groups is 1. The molecule has 20 heavy (non-hydrogen) atoms. The second-order valence-corrected chi connectivity index (χ2v) is 5.77. The maximum absolute atomic E-state index is 10.8. The number of halogens is 2. The first-order valence-electron chi connectivity index (χ1n) is 6.49. The molecule has 110 valence electrons. The molecule has 1 fully saturated rings. The Morgan fingerprint density at radius 2 is 2.30 bits per heavy atom. The van der Waals surface area contributed by atoms with Gasteiger partial charge in [-0.15, -0.1) is 0 Å². The Morgan fingerprint density at radius 3 is 2.95 bits per heavy atom. The lowest BCUT2D eigenvalue weighted by Crippen LogP contribution is -2.44. The van der Waals surface area contributed by atoms with Gasteiger partial charge in [-0.3, -0.25) is 9.69 Å². The van der Waals surface area contributed by atoms with Crippen LogP contribution in [0.25, 0.3) is 0 Å². The highest BCUT2D eigenvalue weighted by atomic mass is 35.5. The minimum Gasteiger partial charge on any atom is -0.481 e. The predicted octanol–water partition coefficient (Wildman–Crippen LogP) is 3.23. The molecule has 1 heterocycles. The number of ether oxygens (including phenoxy) is 1. The first-order valence-corrected chi connectivity index (χ1v) is 7.25. The van der Waals surface area contributed by atoms with E-state index in [-0.39, 0.29) is 18.6 Å². The zero-order chi connectivity index (χ0) is 14.7. The highest BCUT2D eigenvalue weighted by Crippen LogP contribution is 2.30. The number of morpholine rings is 1. The summed E-state index contributed by atoms with van der Waals surface area (Å²) in [5, 5.41) is 10.1. The Kier molecular flexibility index (Phi) is 5.27. The fourth-order valence-corrected chi connectivity index (χ4v) is 3.02. The molecule has 2 atom stereocenters. The van der Waals surface area contributed by atoms with Crippen LogP contribution in [-0.4, -0.2) is 41.8 Å². The highest BCUT2D eigenvalue weighted by molar-refractivity contribution is 6.35. The van der Waals surface area contributed by atoms with Crippen LogP contribution in [0, 0.1) is 0 Å². The van der Waals surface area contributed by atoms with Gasteiger partial charge in [-0.05, 0) is 24.6 Å². The molecule has 0 radical (unpaired) electrons. The van der Waals surface area contributed by atoms with E-state index in [4.69, 9.17) is 33.0 Å². The Morgan fingerprint density at radius 1 is 1.55 bits per heavy atom. The fraction of sp³-hybridized carbons (Fsp3) is 0.500. The maximum atomic E-state index is 10.8. The molecule has 1 aliphatic rings. The van der Waals surface area contributed by atoms with E-state index in [1.54, 1.807) is 6.07 Å². The second kappa shape index (κ2) is 6.76. The predicted molar refractivity (Wildman–Crippen MR) is 78.4 cm³/mol. The van der Waals surface area contributed by atoms with Gasteiger partial charge in [0.15, 0.2) is 0 Å². The number of aliphatic carboxylic acids is 1. The molecule has 2 unspecified atom stereocenters. The van der Waals surface area contributed by atoms with Gasteiger partial charge in [0.25, 0.3) is 0 Å². The topological polar surface area (TPSA) is 49.8 Å². The van der Waals surface area contributed by atoms with Crippen LogP contribution >= 0.6 is 23.2 Å². The van der Waals surface area contributed by atoms with Crippen LogP contribution in [-0.2, 0) is 9.53 Å². The Hall–Kier alpha value is -0.810. The second-order valence-electron chi connectivity index (χ2n) is 4.93. The molecule has 0 aromatic heterocycles. The summed E-state index contributed by atoms with van der Waals surface area (Å²) in [7, 11) is 0. The fourth-order valence-electron chi connectivity index (χ4n) is 2.45. The molecular formula is C14H17Cl2NO3. The van der Waals surface area contributed by atoms with E-state index in [2.05, 4.69) is 11.8 Å². The molecule has 1 aliphatic heterocycles. The molecule has 1 saturated heterocycles. The van der Waals surface area contributed by atoms with Crippen molar-refractivity contribution < 1.29 is 14.6 Å². The molecule has 0 saturated carbocycles. The minimum atomic E-state index is -0.839. The number of hydrogen-bond donors (Lipinski definition) is 1. The van der Waals surface area contributed by atoms with Crippen LogP contribution in [0.5, 0.6) is 0 Å². The molecule has 0 bridgehead atoms. The third-order valence-corrected chi connectivity index (χ3v) is 4.10. The third-order valence-electron chi connectivity index (χ3n) is 3.53. The average molecular weight is 318 g/mol. The first-order chi connectivity index (χ1) is 9.47. The van der Waals surface area contributed by atoms with Crippen LogP contribution in [0.3, 0.4) is 0 Å². The number of rotatable bonds is 4. The molecule has 1 N–H and O–H groups in total. The van der Waals surface area contributed by atoms with Gasteiger partial charge in [0.2, 0.25) is 0 Å². The number of nitrogens with zero attached hydrogens (tertiary/aromatic N) is 1. The van der Waals surface area contributed by atoms with Crippen LogP contribution < -0.4 is 0 Å². The summed E-state index contributed by atoms with van der Waals surface area (Å²) in [5.41, 5.74) is 0.993. The summed E-state index contributed by atoms with van der Waals surface area (Å²) >= 11 is 12.1. The van der Waals surface area contributed by atoms with E-state index in [9.17, 15) is 4.79 Å². The number of carboxylic acid groups (broad SMARTS) is 1. The summed E-state index contributed by atoms with van der Waals surface area (Å²) in [4.78, 5) is 13.0. The van der Waals surface area contributed by atoms with E-state index in [1.165, 1.54) is 0 Å². The van der Waals surface area contributed by atoms with Crippen molar-refractivity contribution in [3.8, 4) is 0 Å². The van der Waals surface area contributed by atoms with Gasteiger partial charge in [-0.1, -0.05) is 29.3 Å². The molecule has 0 aliphatic carbocycles. The summed E-state index contributed by atoms with van der Waals surface area (Å²) in [6.45, 7) is 3.94. The number of hydrogen-bond acceptors (Lipinski definition) is 3. The molecule has 0 amide bonds. The quantitative estimate of drug-likeness (QED) is 0.926. The van der Waals surface area contributed by atoms with Crippen molar-refractivity contribution in [1.82, 2.24) is 4.90 Å². The van der Waals surface area contributed by atoms with Crippen molar-refractivity contribution in [2.75, 3.05) is 19.7 Å². The normalized spacial score (nSPS) is 21.6. The van der Waals surface area contributed by atoms with Gasteiger partial charge in [0.1, 0.15) is 0 Å². The highest BCUT2D eigenvalue weighted by Gasteiger charge is 2.27. The van der Waals surface area contributed by atoms with E-state index in [1.807, 2.05) is 12.1 Å². The van der Waals surface area contributed by atoms with E-state index in [0.717, 1.165) is 12.1 Å². The SMILES string of the molecule is CC(c1ccc(Cl)cc1Cl)N1CCOC(CC(=O)O)C1. The molecule has 6 heteroatoms. The maximum Gasteiger partial charge on any atom is 0.306 e. The van der Waals surface area contributed by atoms with Gasteiger partial charge in [0.05, 0.1) is 19.1 Å². The number of benzene rings is 1. The van der Waals surface area contributed by atoms with Gasteiger partial charge in [0, 0.05) is 29.2 Å². The molecule has 2 rings (SSSR count). The molecule has 1 aromatic rings. The van der Waals surface area contributed by atoms with Crippen LogP contribution in [0.15, 0.2) is 18.2 Å². The lowest BCUT2D eigenvalue weighted by atomic mass is 10.1. The number of carboxylic acids is 1. The Balaban J connectivity index is 2.08. The van der Waals surface area contributed by atoms with Crippen molar-refractivity contribution >= 4 is 29.2 Å². The Labute approximate surface area is 128 Å². The zero-order valence-corrected chi connectivity index (χ0v) is 12.7. The summed E-state index contributed by atoms with van der Waals surface area (Å²) in [6.07, 6.45) is -0.243. The van der Waals surface area contributed by atoms with E-state index >= 15 is 0 Å². The molecule has 4 nitrogen and oxygen atoms in total. The van der Waals surface area contributed by atoms with Crippen molar-refractivity contribution in [1.29, 1.82) is 0 Å². The van der Waals surface area contributed by atoms with Gasteiger partial charge >= 0.3 is 5.97 Å². The third kappa shape index (κ3) is 3.85. The standard InChI is InChI=1S/C14H17Cl2NO3/c1-9(12-3-2-10(15)6-13(12)16)17-4-5-20-11(8-17)7-14(18)19/h2-3,6,9,11H,4-5,7-8H2,1H3,(H,18,19). The van der Waals surface area contributed by atoms with Crippen LogP contribution in [0.1, 0.15) is 24.9 Å². The summed E-state index contributed by atoms with van der Waals surface area (Å²) in [5.74, 6) is -0.839. The summed E-state index contributed by atoms with van der Waals surface area (Å²) < 4.78 is 5.48. The van der Waals surface area contributed by atoms with Gasteiger partial charge < -0.3 is 9.84 Å². The average Bonchev–Trinajstić information content (AvgIpc) is 2.37. The molecule has 0 spiro atoms. The van der Waals surface area contributed by atoms with Crippen molar-refractivity contribution in [2.24, 2.45) is 0 Å². The smallest absolute Gasteiger partial charge is 0.306 e. The largest absolute Gasteiger partial charge is 0.481 e. The van der Waals surface area contributed by atoms with Crippen LogP contribution in [0.2, 0.25) is 10.0 Å². The zero-order valence-electron chi connectivity index (χ0n) is 11.2. The van der Waals surface area contributed by atoms with Crippen molar-refractivity contribution in [3.63, 3.8) is 0 Å². The Bertz CT molecular complexity index is 495. The van der Waals surface area contributed by atoms with Crippen LogP contribution in [0.4, 0.5) is 0 Å².